The van der Waals surface area contributed by atoms with Crippen LogP contribution in [0.3, 0.4) is 0 Å². The zero-order chi connectivity index (χ0) is 13.3. The van der Waals surface area contributed by atoms with Gasteiger partial charge in [-0.2, -0.15) is 0 Å². The summed E-state index contributed by atoms with van der Waals surface area (Å²) in [6.45, 7) is 5.24. The first-order valence-electron chi connectivity index (χ1n) is 5.40. The summed E-state index contributed by atoms with van der Waals surface area (Å²) in [5.74, 6) is 0.252. The van der Waals surface area contributed by atoms with Gasteiger partial charge in [0.05, 0.1) is 10.7 Å². The summed E-state index contributed by atoms with van der Waals surface area (Å²) in [6, 6.07) is 5.24. The number of ether oxygens (including phenoxy) is 1. The average Bonchev–Trinajstić information content (AvgIpc) is 2.63. The summed E-state index contributed by atoms with van der Waals surface area (Å²) in [6.07, 6.45) is 0. The minimum absolute atomic E-state index is 0.335. The molecule has 0 unspecified atom stereocenters. The molecule has 0 N–H and O–H groups in total. The number of rotatable bonds is 2. The van der Waals surface area contributed by atoms with E-state index in [0.29, 0.717) is 27.8 Å². The Bertz CT molecular complexity index is 585. The largest absolute Gasteiger partial charge is 0.421 e. The van der Waals surface area contributed by atoms with Gasteiger partial charge in [0.25, 0.3) is 0 Å². The maximum atomic E-state index is 12.0. The van der Waals surface area contributed by atoms with Gasteiger partial charge in [0, 0.05) is 0 Å². The maximum Gasteiger partial charge on any atom is 0.349 e. The second-order valence-electron chi connectivity index (χ2n) is 4.02. The summed E-state index contributed by atoms with van der Waals surface area (Å²) in [7, 11) is 0. The summed E-state index contributed by atoms with van der Waals surface area (Å²) >= 11 is 5.96. The van der Waals surface area contributed by atoms with E-state index in [9.17, 15) is 4.79 Å². The molecule has 0 aliphatic rings. The number of carbonyl (C=O) groups excluding carboxylic acids is 1. The highest BCUT2D eigenvalue weighted by Gasteiger charge is 2.20. The molecule has 0 radical (unpaired) electrons. The van der Waals surface area contributed by atoms with Crippen molar-refractivity contribution in [3.8, 4) is 5.75 Å². The monoisotopic (exact) mass is 265 g/mol. The molecule has 1 heterocycles. The number of aryl methyl sites for hydroxylation is 3. The van der Waals surface area contributed by atoms with E-state index in [-0.39, 0.29) is 0 Å². The van der Waals surface area contributed by atoms with Crippen molar-refractivity contribution < 1.29 is 14.1 Å². The standard InChI is InChI=1S/C13H12ClNO3/c1-7-4-5-10(14)11(6-7)17-13(16)12-8(2)15-18-9(12)3/h4-6H,1-3H3. The Morgan fingerprint density at radius 2 is 2.06 bits per heavy atom. The minimum Gasteiger partial charge on any atom is -0.421 e. The molecule has 0 saturated carbocycles. The molecule has 1 aromatic carbocycles. The molecule has 0 bridgehead atoms. The summed E-state index contributed by atoms with van der Waals surface area (Å²) in [5.41, 5.74) is 1.80. The predicted octanol–water partition coefficient (Wildman–Crippen LogP) is 3.47. The van der Waals surface area contributed by atoms with Crippen LogP contribution in [0.5, 0.6) is 5.75 Å². The van der Waals surface area contributed by atoms with E-state index in [2.05, 4.69) is 5.16 Å². The van der Waals surface area contributed by atoms with Crippen molar-refractivity contribution in [3.63, 3.8) is 0 Å². The molecule has 0 fully saturated rings. The average molecular weight is 266 g/mol. The number of hydrogen-bond donors (Lipinski definition) is 0. The number of benzene rings is 1. The van der Waals surface area contributed by atoms with Gasteiger partial charge in [-0.25, -0.2) is 4.79 Å². The molecule has 4 nitrogen and oxygen atoms in total. The number of aromatic nitrogens is 1. The Hall–Kier alpha value is -1.81. The summed E-state index contributed by atoms with van der Waals surface area (Å²) in [4.78, 5) is 12.0. The number of carbonyl (C=O) groups is 1. The molecule has 18 heavy (non-hydrogen) atoms. The summed E-state index contributed by atoms with van der Waals surface area (Å²) in [5, 5.41) is 4.10. The van der Waals surface area contributed by atoms with Gasteiger partial charge in [0.2, 0.25) is 0 Å². The molecule has 0 amide bonds. The Labute approximate surface area is 109 Å². The quantitative estimate of drug-likeness (QED) is 0.616. The molecule has 2 rings (SSSR count). The zero-order valence-corrected chi connectivity index (χ0v) is 11.0. The number of hydrogen-bond acceptors (Lipinski definition) is 4. The van der Waals surface area contributed by atoms with Gasteiger partial charge in [0.1, 0.15) is 17.1 Å². The minimum atomic E-state index is -0.515. The van der Waals surface area contributed by atoms with Crippen LogP contribution in [0.1, 0.15) is 27.4 Å². The maximum absolute atomic E-state index is 12.0. The van der Waals surface area contributed by atoms with Gasteiger partial charge in [-0.3, -0.25) is 0 Å². The van der Waals surface area contributed by atoms with Crippen LogP contribution in [0.2, 0.25) is 5.02 Å². The van der Waals surface area contributed by atoms with Gasteiger partial charge in [-0.05, 0) is 38.5 Å². The van der Waals surface area contributed by atoms with Crippen molar-refractivity contribution >= 4 is 17.6 Å². The number of halogens is 1. The van der Waals surface area contributed by atoms with E-state index in [0.717, 1.165) is 5.56 Å². The van der Waals surface area contributed by atoms with Crippen LogP contribution >= 0.6 is 11.6 Å². The lowest BCUT2D eigenvalue weighted by molar-refractivity contribution is 0.0732. The molecule has 0 aliphatic carbocycles. The predicted molar refractivity (Wildman–Crippen MR) is 67.1 cm³/mol. The topological polar surface area (TPSA) is 52.3 Å². The van der Waals surface area contributed by atoms with Gasteiger partial charge in [-0.1, -0.05) is 22.8 Å². The second-order valence-corrected chi connectivity index (χ2v) is 4.43. The van der Waals surface area contributed by atoms with Crippen LogP contribution in [-0.2, 0) is 0 Å². The van der Waals surface area contributed by atoms with E-state index in [1.807, 2.05) is 13.0 Å². The van der Waals surface area contributed by atoms with Crippen LogP contribution in [-0.4, -0.2) is 11.1 Å². The fourth-order valence-electron chi connectivity index (χ4n) is 1.61. The van der Waals surface area contributed by atoms with Crippen LogP contribution in [0, 0.1) is 20.8 Å². The third kappa shape index (κ3) is 2.38. The van der Waals surface area contributed by atoms with Gasteiger partial charge < -0.3 is 9.26 Å². The fourth-order valence-corrected chi connectivity index (χ4v) is 1.77. The highest BCUT2D eigenvalue weighted by Crippen LogP contribution is 2.26. The lowest BCUT2D eigenvalue weighted by Crippen LogP contribution is -2.10. The highest BCUT2D eigenvalue weighted by molar-refractivity contribution is 6.32. The molecule has 2 aromatic rings. The molecular weight excluding hydrogens is 254 g/mol. The first-order chi connectivity index (χ1) is 8.49. The fraction of sp³-hybridized carbons (Fsp3) is 0.231. The van der Waals surface area contributed by atoms with Crippen LogP contribution in [0.25, 0.3) is 0 Å². The van der Waals surface area contributed by atoms with E-state index in [1.165, 1.54) is 0 Å². The van der Waals surface area contributed by atoms with Crippen molar-refractivity contribution in [1.82, 2.24) is 5.16 Å². The van der Waals surface area contributed by atoms with Crippen molar-refractivity contribution in [2.45, 2.75) is 20.8 Å². The van der Waals surface area contributed by atoms with Crippen LogP contribution in [0.15, 0.2) is 22.7 Å². The molecule has 1 aromatic heterocycles. The van der Waals surface area contributed by atoms with E-state index >= 15 is 0 Å². The molecule has 0 atom stereocenters. The van der Waals surface area contributed by atoms with Crippen LogP contribution in [0.4, 0.5) is 0 Å². The molecule has 94 valence electrons. The zero-order valence-electron chi connectivity index (χ0n) is 10.3. The lowest BCUT2D eigenvalue weighted by atomic mass is 10.2. The molecular formula is C13H12ClNO3. The molecule has 5 heteroatoms. The SMILES string of the molecule is Cc1ccc(Cl)c(OC(=O)c2c(C)noc2C)c1. The van der Waals surface area contributed by atoms with Gasteiger partial charge in [0.15, 0.2) is 0 Å². The number of nitrogens with zero attached hydrogens (tertiary/aromatic N) is 1. The smallest absolute Gasteiger partial charge is 0.349 e. The third-order valence-corrected chi connectivity index (χ3v) is 2.84. The Morgan fingerprint density at radius 3 is 2.67 bits per heavy atom. The van der Waals surface area contributed by atoms with Crippen LogP contribution < -0.4 is 4.74 Å². The van der Waals surface area contributed by atoms with Gasteiger partial charge >= 0.3 is 5.97 Å². The van der Waals surface area contributed by atoms with E-state index in [4.69, 9.17) is 20.9 Å². The van der Waals surface area contributed by atoms with Gasteiger partial charge in [-0.15, -0.1) is 0 Å². The van der Waals surface area contributed by atoms with Crippen molar-refractivity contribution in [1.29, 1.82) is 0 Å². The number of esters is 1. The summed E-state index contributed by atoms with van der Waals surface area (Å²) < 4.78 is 10.2. The highest BCUT2D eigenvalue weighted by atomic mass is 35.5. The molecule has 0 saturated heterocycles. The lowest BCUT2D eigenvalue weighted by Gasteiger charge is -2.06. The van der Waals surface area contributed by atoms with Crippen molar-refractivity contribution in [3.05, 3.63) is 45.8 Å². The first-order valence-corrected chi connectivity index (χ1v) is 5.78. The Morgan fingerprint density at radius 1 is 1.33 bits per heavy atom. The Kier molecular flexibility index (Phi) is 3.39. The Balaban J connectivity index is 2.30. The van der Waals surface area contributed by atoms with E-state index in [1.54, 1.807) is 26.0 Å². The third-order valence-electron chi connectivity index (χ3n) is 2.53. The van der Waals surface area contributed by atoms with Crippen molar-refractivity contribution in [2.75, 3.05) is 0 Å². The first kappa shape index (κ1) is 12.6. The molecule has 0 aliphatic heterocycles. The second kappa shape index (κ2) is 4.82. The van der Waals surface area contributed by atoms with E-state index < -0.39 is 5.97 Å². The normalized spacial score (nSPS) is 10.4. The van der Waals surface area contributed by atoms with Crippen molar-refractivity contribution in [2.24, 2.45) is 0 Å². The molecule has 0 spiro atoms.